The van der Waals surface area contributed by atoms with Crippen molar-refractivity contribution < 1.29 is 83.1 Å². The van der Waals surface area contributed by atoms with Gasteiger partial charge in [-0.25, -0.2) is 8.42 Å². The van der Waals surface area contributed by atoms with E-state index in [1.807, 2.05) is 0 Å². The van der Waals surface area contributed by atoms with Crippen molar-refractivity contribution in [2.24, 2.45) is 0 Å². The first kappa shape index (κ1) is 26.7. The molecule has 0 aliphatic rings. The Morgan fingerprint density at radius 1 is 0.500 bits per heavy atom. The van der Waals surface area contributed by atoms with Crippen molar-refractivity contribution in [1.82, 2.24) is 4.53 Å². The molecule has 0 unspecified atom stereocenters. The van der Waals surface area contributed by atoms with Crippen LogP contribution in [0.25, 0.3) is 0 Å². The maximum absolute atomic E-state index is 13.0. The van der Waals surface area contributed by atoms with Gasteiger partial charge in [0.05, 0.1) is 0 Å². The molecule has 0 heterocycles. The number of alkyl halides is 16. The molecule has 0 aromatic heterocycles. The van der Waals surface area contributed by atoms with Crippen molar-refractivity contribution in [2.45, 2.75) is 41.4 Å². The van der Waals surface area contributed by atoms with Gasteiger partial charge in [0.15, 0.2) is 0 Å². The predicted octanol–water partition coefficient (Wildman–Crippen LogP) is 4.72. The Balaban J connectivity index is 6.61. The van der Waals surface area contributed by atoms with E-state index in [1.54, 1.807) is 0 Å². The van der Waals surface area contributed by atoms with Gasteiger partial charge in [0, 0.05) is 4.53 Å². The summed E-state index contributed by atoms with van der Waals surface area (Å²) in [5, 5.41) is -8.31. The maximum atomic E-state index is 13.0. The maximum Gasteiger partial charge on any atom is 0.461 e. The summed E-state index contributed by atoms with van der Waals surface area (Å²) in [7, 11) is -9.07. The Labute approximate surface area is 140 Å². The Hall–Kier alpha value is -1.28. The zero-order chi connectivity index (χ0) is 23.6. The van der Waals surface area contributed by atoms with E-state index in [0.717, 1.165) is 0 Å². The zero-order valence-corrected chi connectivity index (χ0v) is 12.4. The van der Waals surface area contributed by atoms with Crippen LogP contribution in [0.5, 0.6) is 0 Å². The van der Waals surface area contributed by atoms with E-state index in [-0.39, 0.29) is 0 Å². The lowest BCUT2D eigenvalue weighted by Gasteiger charge is -2.36. The molecule has 0 spiro atoms. The highest BCUT2D eigenvalue weighted by atomic mass is 32.2. The minimum atomic E-state index is -9.07. The molecule has 0 aromatic rings. The molecule has 3 nitrogen and oxygen atoms in total. The highest BCUT2D eigenvalue weighted by Gasteiger charge is 2.88. The van der Waals surface area contributed by atoms with Gasteiger partial charge in [-0.15, -0.1) is 4.48 Å². The first-order valence-corrected chi connectivity index (χ1v) is 6.83. The van der Waals surface area contributed by atoms with Gasteiger partial charge in [0.1, 0.15) is 0 Å². The molecule has 0 aliphatic carbocycles. The van der Waals surface area contributed by atoms with Crippen LogP contribution in [0.2, 0.25) is 0 Å². The molecule has 0 rings (SSSR count). The second-order valence-electron chi connectivity index (χ2n) is 4.50. The summed E-state index contributed by atoms with van der Waals surface area (Å²) < 4.78 is 227. The normalized spacial score (nSPS) is 16.6. The lowest BCUT2D eigenvalue weighted by atomic mass is 10.1. The second kappa shape index (κ2) is 6.36. The molecule has 0 atom stereocenters. The third-order valence-corrected chi connectivity index (χ3v) is 4.16. The van der Waals surface area contributed by atoms with Crippen molar-refractivity contribution in [3.05, 3.63) is 0 Å². The lowest BCUT2D eigenvalue weighted by Crippen LogP contribution is -2.68. The fourth-order valence-corrected chi connectivity index (χ4v) is 2.13. The third kappa shape index (κ3) is 3.32. The van der Waals surface area contributed by atoms with Gasteiger partial charge in [-0.05, 0) is 0 Å². The van der Waals surface area contributed by atoms with Crippen LogP contribution in [0, 0.1) is 0 Å². The van der Waals surface area contributed by atoms with E-state index >= 15 is 0 Å². The van der Waals surface area contributed by atoms with Crippen molar-refractivity contribution in [2.75, 3.05) is 0 Å². The Morgan fingerprint density at radius 3 is 1.04 bits per heavy atom. The molecule has 170 valence electrons. The quantitative estimate of drug-likeness (QED) is 0.311. The molecule has 0 aromatic carbocycles. The van der Waals surface area contributed by atoms with Crippen LogP contribution < -0.4 is 0 Å². The average Bonchev–Trinajstić information content (AvgIpc) is 2.42. The highest BCUT2D eigenvalue weighted by molar-refractivity contribution is 7.90. The van der Waals surface area contributed by atoms with Crippen molar-refractivity contribution in [3.63, 3.8) is 0 Å². The predicted molar refractivity (Wildman–Crippen MR) is 48.7 cm³/mol. The zero-order valence-electron chi connectivity index (χ0n) is 11.6. The highest BCUT2D eigenvalue weighted by Crippen LogP contribution is 2.57. The molecule has 0 bridgehead atoms. The van der Waals surface area contributed by atoms with Gasteiger partial charge in [0.25, 0.3) is 0 Å². The number of halogens is 17. The van der Waals surface area contributed by atoms with E-state index in [1.165, 1.54) is 0 Å². The van der Waals surface area contributed by atoms with Crippen LogP contribution in [-0.2, 0) is 10.0 Å². The average molecular weight is 485 g/mol. The summed E-state index contributed by atoms with van der Waals surface area (Å²) in [6.07, 6.45) is -15.4. The number of rotatable bonds is 6. The third-order valence-electron chi connectivity index (χ3n) is 2.61. The summed E-state index contributed by atoms with van der Waals surface area (Å²) in [5.74, 6) is -24.4. The molecule has 0 N–H and O–H groups in total. The van der Waals surface area contributed by atoms with Crippen LogP contribution >= 0.6 is 0 Å². The number of hydrogen-bond donors (Lipinski definition) is 0. The lowest BCUT2D eigenvalue weighted by molar-refractivity contribution is -0.399. The summed E-state index contributed by atoms with van der Waals surface area (Å²) >= 11 is 0. The Kier molecular flexibility index (Phi) is 6.07. The van der Waals surface area contributed by atoms with Crippen molar-refractivity contribution in [3.8, 4) is 0 Å². The van der Waals surface area contributed by atoms with E-state index in [9.17, 15) is 83.1 Å². The minimum Gasteiger partial charge on any atom is -0.203 e. The summed E-state index contributed by atoms with van der Waals surface area (Å²) in [4.78, 5) is 0. The molecule has 0 fully saturated rings. The van der Waals surface area contributed by atoms with Crippen LogP contribution in [0.4, 0.5) is 74.7 Å². The molecule has 0 amide bonds. The van der Waals surface area contributed by atoms with Crippen LogP contribution in [-0.4, -0.2) is 54.4 Å². The summed E-state index contributed by atoms with van der Waals surface area (Å²) in [5.41, 5.74) is 0. The minimum absolute atomic E-state index is 4.58. The van der Waals surface area contributed by atoms with Crippen LogP contribution in [0.3, 0.4) is 0 Å². The SMILES string of the molecule is O=S(=O)(N(F)C(F)(F)C(F)(F)C(F)(F)F)C(F)(F)C(F)(F)C(F)(F)C(F)(F)F. The van der Waals surface area contributed by atoms with Crippen molar-refractivity contribution in [1.29, 1.82) is 0 Å². The van der Waals surface area contributed by atoms with Crippen molar-refractivity contribution >= 4 is 10.0 Å². The van der Waals surface area contributed by atoms with E-state index in [4.69, 9.17) is 0 Å². The topological polar surface area (TPSA) is 37.4 Å². The molecule has 21 heteroatoms. The number of nitrogens with zero attached hydrogens (tertiary/aromatic N) is 1. The first-order chi connectivity index (χ1) is 11.7. The van der Waals surface area contributed by atoms with Gasteiger partial charge < -0.3 is 0 Å². The van der Waals surface area contributed by atoms with E-state index in [0.29, 0.717) is 0 Å². The Morgan fingerprint density at radius 2 is 0.786 bits per heavy atom. The number of hydrogen-bond acceptors (Lipinski definition) is 2. The molecule has 0 saturated carbocycles. The molecule has 0 radical (unpaired) electrons. The van der Waals surface area contributed by atoms with E-state index < -0.39 is 56.0 Å². The molecular weight excluding hydrogens is 485 g/mol. The Bertz CT molecular complexity index is 687. The fraction of sp³-hybridized carbons (Fsp3) is 1.00. The first-order valence-electron chi connectivity index (χ1n) is 5.39. The second-order valence-corrected chi connectivity index (χ2v) is 6.28. The van der Waals surface area contributed by atoms with Gasteiger partial charge in [-0.2, -0.15) is 70.2 Å². The van der Waals surface area contributed by atoms with Crippen LogP contribution in [0.15, 0.2) is 0 Å². The molecular formula is C7F17NO2S. The molecule has 28 heavy (non-hydrogen) atoms. The fourth-order valence-electron chi connectivity index (χ4n) is 1.06. The van der Waals surface area contributed by atoms with Gasteiger partial charge in [-0.1, -0.05) is 0 Å². The van der Waals surface area contributed by atoms with Gasteiger partial charge in [-0.3, -0.25) is 0 Å². The molecule has 0 aliphatic heterocycles. The summed E-state index contributed by atoms with van der Waals surface area (Å²) in [6, 6.07) is -8.02. The largest absolute Gasteiger partial charge is 0.461 e. The smallest absolute Gasteiger partial charge is 0.203 e. The summed E-state index contributed by atoms with van der Waals surface area (Å²) in [6.45, 7) is 0. The number of sulfonamides is 1. The van der Waals surface area contributed by atoms with E-state index in [2.05, 4.69) is 0 Å². The standard InChI is InChI=1S/C7F17NO2S/c8-1(9,4(14,15)16)2(10,11)7(22,23)28(26,27)25(24)6(20,21)3(12,13)5(17,18)19. The molecule has 0 saturated heterocycles. The van der Waals surface area contributed by atoms with Gasteiger partial charge >= 0.3 is 51.4 Å². The monoisotopic (exact) mass is 485 g/mol. The van der Waals surface area contributed by atoms with Gasteiger partial charge in [0.2, 0.25) is 0 Å². The van der Waals surface area contributed by atoms with Crippen LogP contribution in [0.1, 0.15) is 0 Å².